The molecule has 92 valence electrons. The van der Waals surface area contributed by atoms with Crippen LogP contribution in [0, 0.1) is 11.6 Å². The summed E-state index contributed by atoms with van der Waals surface area (Å²) in [5.41, 5.74) is 0.776. The van der Waals surface area contributed by atoms with E-state index in [1.807, 2.05) is 11.9 Å². The topological polar surface area (TPSA) is 27.6 Å². The number of hydrogen-bond donors (Lipinski definition) is 1. The normalized spacial score (nSPS) is 15.0. The Morgan fingerprint density at radius 1 is 1.35 bits per heavy atom. The summed E-state index contributed by atoms with van der Waals surface area (Å²) in [5.74, 6) is -0.730. The minimum absolute atomic E-state index is 0.643. The van der Waals surface area contributed by atoms with Crippen LogP contribution in [0.3, 0.4) is 0 Å². The van der Waals surface area contributed by atoms with E-state index >= 15 is 0 Å². The number of benzene rings is 1. The largest absolute Gasteiger partial charge is 0.356 e. The van der Waals surface area contributed by atoms with Crippen molar-refractivity contribution in [3.05, 3.63) is 35.4 Å². The van der Waals surface area contributed by atoms with Gasteiger partial charge in [-0.05, 0) is 24.1 Å². The van der Waals surface area contributed by atoms with Gasteiger partial charge in [-0.3, -0.25) is 4.99 Å². The molecule has 0 radical (unpaired) electrons. The highest BCUT2D eigenvalue weighted by molar-refractivity contribution is 5.81. The van der Waals surface area contributed by atoms with E-state index in [9.17, 15) is 8.78 Å². The van der Waals surface area contributed by atoms with Gasteiger partial charge in [-0.15, -0.1) is 0 Å². The molecule has 0 unspecified atom stereocenters. The average Bonchev–Trinajstić information content (AvgIpc) is 2.70. The van der Waals surface area contributed by atoms with Crippen molar-refractivity contribution in [3.63, 3.8) is 0 Å². The molecule has 3 nitrogen and oxygen atoms in total. The van der Waals surface area contributed by atoms with E-state index in [2.05, 4.69) is 10.3 Å². The molecule has 1 N–H and O–H groups in total. The Kier molecular flexibility index (Phi) is 3.56. The van der Waals surface area contributed by atoms with Gasteiger partial charge in [-0.25, -0.2) is 8.78 Å². The number of rotatable bonds is 3. The van der Waals surface area contributed by atoms with E-state index < -0.39 is 11.6 Å². The molecule has 1 aromatic carbocycles. The standard InChI is InChI=1S/C12H15F2N3/c1-17-7-6-16-12(17)15-5-4-9-2-3-10(13)11(14)8-9/h2-3,8H,4-7H2,1H3,(H,15,16). The summed E-state index contributed by atoms with van der Waals surface area (Å²) >= 11 is 0. The van der Waals surface area contributed by atoms with Gasteiger partial charge in [-0.2, -0.15) is 0 Å². The number of nitrogens with zero attached hydrogens (tertiary/aromatic N) is 2. The van der Waals surface area contributed by atoms with Gasteiger partial charge < -0.3 is 10.2 Å². The van der Waals surface area contributed by atoms with E-state index in [1.165, 1.54) is 6.07 Å². The van der Waals surface area contributed by atoms with Gasteiger partial charge in [0.15, 0.2) is 17.6 Å². The minimum atomic E-state index is -0.804. The first-order valence-corrected chi connectivity index (χ1v) is 5.60. The molecule has 2 rings (SSSR count). The van der Waals surface area contributed by atoms with E-state index in [0.29, 0.717) is 13.0 Å². The average molecular weight is 239 g/mol. The molecule has 1 aliphatic rings. The van der Waals surface area contributed by atoms with Crippen molar-refractivity contribution >= 4 is 5.96 Å². The summed E-state index contributed by atoms with van der Waals surface area (Å²) in [5, 5.41) is 3.17. The fourth-order valence-corrected chi connectivity index (χ4v) is 1.74. The molecule has 5 heteroatoms. The maximum Gasteiger partial charge on any atom is 0.193 e. The Morgan fingerprint density at radius 2 is 2.18 bits per heavy atom. The monoisotopic (exact) mass is 239 g/mol. The van der Waals surface area contributed by atoms with E-state index in [0.717, 1.165) is 30.7 Å². The quantitative estimate of drug-likeness (QED) is 0.863. The van der Waals surface area contributed by atoms with E-state index in [-0.39, 0.29) is 0 Å². The SMILES string of the molecule is CN1CCN=C1NCCc1ccc(F)c(F)c1. The first-order valence-electron chi connectivity index (χ1n) is 5.60. The van der Waals surface area contributed by atoms with Crippen LogP contribution in [0.25, 0.3) is 0 Å². The molecule has 0 aromatic heterocycles. The molecule has 1 aromatic rings. The summed E-state index contributed by atoms with van der Waals surface area (Å²) in [4.78, 5) is 6.31. The van der Waals surface area contributed by atoms with Crippen molar-refractivity contribution in [2.75, 3.05) is 26.7 Å². The molecule has 1 aliphatic heterocycles. The van der Waals surface area contributed by atoms with E-state index in [4.69, 9.17) is 0 Å². The summed E-state index contributed by atoms with van der Waals surface area (Å²) in [7, 11) is 1.97. The van der Waals surface area contributed by atoms with Crippen molar-refractivity contribution in [2.24, 2.45) is 4.99 Å². The molecule has 1 heterocycles. The number of halogens is 2. The fraction of sp³-hybridized carbons (Fsp3) is 0.417. The second kappa shape index (κ2) is 5.12. The molecule has 0 fully saturated rings. The molecule has 0 saturated carbocycles. The highest BCUT2D eigenvalue weighted by Crippen LogP contribution is 2.08. The van der Waals surface area contributed by atoms with Crippen LogP contribution >= 0.6 is 0 Å². The maximum atomic E-state index is 12.9. The fourth-order valence-electron chi connectivity index (χ4n) is 1.74. The second-order valence-corrected chi connectivity index (χ2v) is 4.05. The van der Waals surface area contributed by atoms with Crippen LogP contribution in [0.2, 0.25) is 0 Å². The molecular formula is C12H15F2N3. The summed E-state index contributed by atoms with van der Waals surface area (Å²) in [6, 6.07) is 3.99. The van der Waals surface area contributed by atoms with Crippen LogP contribution in [-0.4, -0.2) is 37.5 Å². The number of guanidine groups is 1. The zero-order valence-corrected chi connectivity index (χ0v) is 9.71. The van der Waals surface area contributed by atoms with Crippen molar-refractivity contribution in [3.8, 4) is 0 Å². The number of hydrogen-bond acceptors (Lipinski definition) is 3. The summed E-state index contributed by atoms with van der Waals surface area (Å²) in [6.07, 6.45) is 0.643. The lowest BCUT2D eigenvalue weighted by Crippen LogP contribution is -2.36. The predicted octanol–water partition coefficient (Wildman–Crippen LogP) is 1.40. The third-order valence-electron chi connectivity index (χ3n) is 2.74. The van der Waals surface area contributed by atoms with Gasteiger partial charge in [0.2, 0.25) is 0 Å². The van der Waals surface area contributed by atoms with Crippen LogP contribution < -0.4 is 5.32 Å². The van der Waals surface area contributed by atoms with Crippen molar-refractivity contribution in [2.45, 2.75) is 6.42 Å². The van der Waals surface area contributed by atoms with Gasteiger partial charge in [0.25, 0.3) is 0 Å². The highest BCUT2D eigenvalue weighted by atomic mass is 19.2. The first-order chi connectivity index (χ1) is 8.16. The number of aliphatic imine (C=N–C) groups is 1. The predicted molar refractivity (Wildman–Crippen MR) is 63.0 cm³/mol. The molecule has 0 spiro atoms. The Labute approximate surface area is 99.2 Å². The Balaban J connectivity index is 1.84. The van der Waals surface area contributed by atoms with Gasteiger partial charge in [0, 0.05) is 20.1 Å². The molecule has 17 heavy (non-hydrogen) atoms. The summed E-state index contributed by atoms with van der Waals surface area (Å²) in [6.45, 7) is 2.39. The van der Waals surface area contributed by atoms with Crippen molar-refractivity contribution in [1.29, 1.82) is 0 Å². The van der Waals surface area contributed by atoms with Gasteiger partial charge in [-0.1, -0.05) is 6.07 Å². The lowest BCUT2D eigenvalue weighted by atomic mass is 10.1. The Morgan fingerprint density at radius 3 is 2.82 bits per heavy atom. The van der Waals surface area contributed by atoms with Crippen LogP contribution in [-0.2, 0) is 6.42 Å². The minimum Gasteiger partial charge on any atom is -0.356 e. The van der Waals surface area contributed by atoms with Crippen LogP contribution in [0.5, 0.6) is 0 Å². The van der Waals surface area contributed by atoms with Crippen LogP contribution in [0.4, 0.5) is 8.78 Å². The Hall–Kier alpha value is -1.65. The zero-order chi connectivity index (χ0) is 12.3. The van der Waals surface area contributed by atoms with Gasteiger partial charge >= 0.3 is 0 Å². The Bertz CT molecular complexity index is 432. The highest BCUT2D eigenvalue weighted by Gasteiger charge is 2.11. The molecule has 0 atom stereocenters. The molecule has 0 aliphatic carbocycles. The smallest absolute Gasteiger partial charge is 0.193 e. The molecule has 0 bridgehead atoms. The number of nitrogens with one attached hydrogen (secondary N) is 1. The van der Waals surface area contributed by atoms with Gasteiger partial charge in [0.1, 0.15) is 0 Å². The van der Waals surface area contributed by atoms with Crippen molar-refractivity contribution in [1.82, 2.24) is 10.2 Å². The zero-order valence-electron chi connectivity index (χ0n) is 9.71. The van der Waals surface area contributed by atoms with Crippen molar-refractivity contribution < 1.29 is 8.78 Å². The van der Waals surface area contributed by atoms with Crippen LogP contribution in [0.15, 0.2) is 23.2 Å². The maximum absolute atomic E-state index is 12.9. The third kappa shape index (κ3) is 2.93. The third-order valence-corrected chi connectivity index (χ3v) is 2.74. The summed E-state index contributed by atoms with van der Waals surface area (Å²) < 4.78 is 25.6. The lowest BCUT2D eigenvalue weighted by molar-refractivity contribution is 0.506. The van der Waals surface area contributed by atoms with E-state index in [1.54, 1.807) is 6.07 Å². The second-order valence-electron chi connectivity index (χ2n) is 4.05. The molecular weight excluding hydrogens is 224 g/mol. The first kappa shape index (κ1) is 11.8. The molecule has 0 saturated heterocycles. The lowest BCUT2D eigenvalue weighted by Gasteiger charge is -2.15. The molecule has 0 amide bonds. The van der Waals surface area contributed by atoms with Gasteiger partial charge in [0.05, 0.1) is 6.54 Å². The van der Waals surface area contributed by atoms with Crippen LogP contribution in [0.1, 0.15) is 5.56 Å². The number of likely N-dealkylation sites (N-methyl/N-ethyl adjacent to an activating group) is 1.